The predicted molar refractivity (Wildman–Crippen MR) is 106 cm³/mol. The van der Waals surface area contributed by atoms with E-state index in [9.17, 15) is 13.6 Å². The molecule has 0 fully saturated rings. The molecule has 0 aliphatic rings. The molecule has 0 saturated heterocycles. The number of aryl methyl sites for hydroxylation is 1. The van der Waals surface area contributed by atoms with Gasteiger partial charge in [0.25, 0.3) is 0 Å². The number of aliphatic imine (C=N–C) groups is 1. The lowest BCUT2D eigenvalue weighted by molar-refractivity contribution is 0.0531. The highest BCUT2D eigenvalue weighted by Gasteiger charge is 2.20. The van der Waals surface area contributed by atoms with Crippen LogP contribution in [0.4, 0.5) is 8.78 Å². The van der Waals surface area contributed by atoms with E-state index in [2.05, 4.69) is 20.6 Å². The van der Waals surface area contributed by atoms with Gasteiger partial charge in [0.2, 0.25) is 0 Å². The highest BCUT2D eigenvalue weighted by Crippen LogP contribution is 2.24. The summed E-state index contributed by atoms with van der Waals surface area (Å²) in [5, 5.41) is 6.96. The number of esters is 1. The number of rotatable bonds is 7. The first kappa shape index (κ1) is 21.7. The molecule has 2 aromatic rings. The lowest BCUT2D eigenvalue weighted by atomic mass is 10.1. The molecule has 0 saturated carbocycles. The van der Waals surface area contributed by atoms with Gasteiger partial charge in [-0.05, 0) is 51.0 Å². The Morgan fingerprint density at radius 1 is 1.39 bits per heavy atom. The third-order valence-corrected chi connectivity index (χ3v) is 5.24. The molecule has 0 amide bonds. The first-order chi connectivity index (χ1) is 13.3. The average Bonchev–Trinajstić information content (AvgIpc) is 3.05. The lowest BCUT2D eigenvalue weighted by Gasteiger charge is -2.16. The largest absolute Gasteiger partial charge is 0.462 e. The molecule has 0 aliphatic carbocycles. The summed E-state index contributed by atoms with van der Waals surface area (Å²) < 4.78 is 32.0. The van der Waals surface area contributed by atoms with Crippen LogP contribution in [-0.2, 0) is 11.2 Å². The molecule has 6 nitrogen and oxygen atoms in total. The Labute approximate surface area is 167 Å². The molecule has 1 unspecified atom stereocenters. The molecule has 0 radical (unpaired) electrons. The molecule has 1 aromatic heterocycles. The molecular formula is C19H24F2N4O2S. The maximum absolute atomic E-state index is 13.7. The normalized spacial score (nSPS) is 12.6. The molecule has 1 heterocycles. The molecule has 0 spiro atoms. The molecule has 9 heteroatoms. The molecule has 1 aromatic carbocycles. The van der Waals surface area contributed by atoms with Crippen LogP contribution in [0.3, 0.4) is 0 Å². The average molecular weight is 410 g/mol. The van der Waals surface area contributed by atoms with Crippen molar-refractivity contribution in [2.45, 2.75) is 33.2 Å². The van der Waals surface area contributed by atoms with Crippen LogP contribution < -0.4 is 10.6 Å². The van der Waals surface area contributed by atoms with Crippen molar-refractivity contribution in [3.05, 3.63) is 51.0 Å². The number of hydrogen-bond acceptors (Lipinski definition) is 5. The van der Waals surface area contributed by atoms with E-state index >= 15 is 0 Å². The number of carbonyl (C=O) groups is 1. The number of benzene rings is 1. The van der Waals surface area contributed by atoms with Crippen LogP contribution >= 0.6 is 11.3 Å². The van der Waals surface area contributed by atoms with Gasteiger partial charge in [0.05, 0.1) is 18.3 Å². The van der Waals surface area contributed by atoms with Gasteiger partial charge < -0.3 is 15.4 Å². The van der Waals surface area contributed by atoms with E-state index in [1.807, 2.05) is 6.92 Å². The zero-order chi connectivity index (χ0) is 20.7. The van der Waals surface area contributed by atoms with E-state index in [1.54, 1.807) is 20.9 Å². The van der Waals surface area contributed by atoms with Gasteiger partial charge in [-0.15, -0.1) is 11.3 Å². The standard InChI is InChI=1S/C19H24F2N4O2S/c1-5-27-18(26)16-11(2)24-17(28-16)12(3)25-19(22-4)23-9-8-13-10-14(20)6-7-15(13)21/h6-7,10,12H,5,8-9H2,1-4H3,(H2,22,23,25). The topological polar surface area (TPSA) is 75.6 Å². The first-order valence-corrected chi connectivity index (χ1v) is 9.72. The second-order valence-corrected chi connectivity index (χ2v) is 7.07. The van der Waals surface area contributed by atoms with Gasteiger partial charge >= 0.3 is 5.97 Å². The minimum atomic E-state index is -0.468. The van der Waals surface area contributed by atoms with E-state index in [0.29, 0.717) is 41.7 Å². The van der Waals surface area contributed by atoms with E-state index < -0.39 is 11.6 Å². The number of nitrogens with one attached hydrogen (secondary N) is 2. The maximum Gasteiger partial charge on any atom is 0.350 e. The number of thiazole rings is 1. The van der Waals surface area contributed by atoms with Crippen LogP contribution in [-0.4, -0.2) is 37.1 Å². The molecule has 0 aliphatic heterocycles. The number of ether oxygens (including phenoxy) is 1. The fourth-order valence-corrected chi connectivity index (χ4v) is 3.46. The van der Waals surface area contributed by atoms with Crippen molar-refractivity contribution in [1.82, 2.24) is 15.6 Å². The number of aromatic nitrogens is 1. The number of nitrogens with zero attached hydrogens (tertiary/aromatic N) is 2. The summed E-state index contributed by atoms with van der Waals surface area (Å²) in [6.07, 6.45) is 0.308. The van der Waals surface area contributed by atoms with E-state index in [1.165, 1.54) is 17.4 Å². The number of carbonyl (C=O) groups excluding carboxylic acids is 1. The number of halogens is 2. The van der Waals surface area contributed by atoms with Gasteiger partial charge in [0.1, 0.15) is 21.5 Å². The van der Waals surface area contributed by atoms with E-state index in [4.69, 9.17) is 4.74 Å². The van der Waals surface area contributed by atoms with Gasteiger partial charge in [-0.2, -0.15) is 0 Å². The fraction of sp³-hybridized carbons (Fsp3) is 0.421. The van der Waals surface area contributed by atoms with Crippen LogP contribution in [0.1, 0.15) is 45.8 Å². The molecule has 28 heavy (non-hydrogen) atoms. The molecule has 2 N–H and O–H groups in total. The second kappa shape index (κ2) is 10.1. The Hall–Kier alpha value is -2.55. The molecule has 152 valence electrons. The zero-order valence-corrected chi connectivity index (χ0v) is 17.1. The van der Waals surface area contributed by atoms with Crippen LogP contribution in [0, 0.1) is 18.6 Å². The van der Waals surface area contributed by atoms with Crippen LogP contribution in [0.25, 0.3) is 0 Å². The summed E-state index contributed by atoms with van der Waals surface area (Å²) in [6.45, 7) is 6.09. The molecule has 2 rings (SSSR count). The fourth-order valence-electron chi connectivity index (χ4n) is 2.50. The monoisotopic (exact) mass is 410 g/mol. The number of hydrogen-bond donors (Lipinski definition) is 2. The van der Waals surface area contributed by atoms with Crippen molar-refractivity contribution in [2.75, 3.05) is 20.2 Å². The van der Waals surface area contributed by atoms with Gasteiger partial charge in [-0.3, -0.25) is 4.99 Å². The maximum atomic E-state index is 13.7. The first-order valence-electron chi connectivity index (χ1n) is 8.91. The summed E-state index contributed by atoms with van der Waals surface area (Å²) in [6, 6.07) is 3.19. The molecule has 0 bridgehead atoms. The van der Waals surface area contributed by atoms with Gasteiger partial charge in [0.15, 0.2) is 5.96 Å². The van der Waals surface area contributed by atoms with Crippen LogP contribution in [0.15, 0.2) is 23.2 Å². The summed E-state index contributed by atoms with van der Waals surface area (Å²) in [7, 11) is 1.61. The Bertz CT molecular complexity index is 854. The summed E-state index contributed by atoms with van der Waals surface area (Å²) in [5.74, 6) is -0.793. The highest BCUT2D eigenvalue weighted by molar-refractivity contribution is 7.13. The highest BCUT2D eigenvalue weighted by atomic mass is 32.1. The van der Waals surface area contributed by atoms with E-state index in [-0.39, 0.29) is 12.0 Å². The van der Waals surface area contributed by atoms with Crippen molar-refractivity contribution >= 4 is 23.3 Å². The third-order valence-electron chi connectivity index (χ3n) is 3.92. The minimum absolute atomic E-state index is 0.205. The second-order valence-electron chi connectivity index (χ2n) is 6.04. The molecule has 1 atom stereocenters. The van der Waals surface area contributed by atoms with Gasteiger partial charge in [0, 0.05) is 13.6 Å². The lowest BCUT2D eigenvalue weighted by Crippen LogP contribution is -2.39. The van der Waals surface area contributed by atoms with Crippen molar-refractivity contribution in [3.8, 4) is 0 Å². The Kier molecular flexibility index (Phi) is 7.86. The van der Waals surface area contributed by atoms with Crippen LogP contribution in [0.5, 0.6) is 0 Å². The third kappa shape index (κ3) is 5.72. The Morgan fingerprint density at radius 3 is 2.82 bits per heavy atom. The van der Waals surface area contributed by atoms with Crippen molar-refractivity contribution in [3.63, 3.8) is 0 Å². The minimum Gasteiger partial charge on any atom is -0.462 e. The summed E-state index contributed by atoms with van der Waals surface area (Å²) >= 11 is 1.27. The predicted octanol–water partition coefficient (Wildman–Crippen LogP) is 3.38. The van der Waals surface area contributed by atoms with Crippen molar-refractivity contribution in [1.29, 1.82) is 0 Å². The smallest absolute Gasteiger partial charge is 0.350 e. The molecular weight excluding hydrogens is 386 g/mol. The van der Waals surface area contributed by atoms with Gasteiger partial charge in [-0.1, -0.05) is 0 Å². The van der Waals surface area contributed by atoms with Gasteiger partial charge in [-0.25, -0.2) is 18.6 Å². The quantitative estimate of drug-likeness (QED) is 0.416. The van der Waals surface area contributed by atoms with Crippen molar-refractivity contribution in [2.24, 2.45) is 4.99 Å². The Morgan fingerprint density at radius 2 is 2.14 bits per heavy atom. The zero-order valence-electron chi connectivity index (χ0n) is 16.3. The number of guanidine groups is 1. The van der Waals surface area contributed by atoms with Crippen LogP contribution in [0.2, 0.25) is 0 Å². The SMILES string of the molecule is CCOC(=O)c1sc(C(C)NC(=NC)NCCc2cc(F)ccc2F)nc1C. The van der Waals surface area contributed by atoms with E-state index in [0.717, 1.165) is 17.1 Å². The Balaban J connectivity index is 1.94. The summed E-state index contributed by atoms with van der Waals surface area (Å²) in [5.41, 5.74) is 0.919. The summed E-state index contributed by atoms with van der Waals surface area (Å²) in [4.78, 5) is 21.0. The van der Waals surface area contributed by atoms with Crippen molar-refractivity contribution < 1.29 is 18.3 Å².